The summed E-state index contributed by atoms with van der Waals surface area (Å²) in [5.74, 6) is 2.15. The van der Waals surface area contributed by atoms with Gasteiger partial charge in [-0.3, -0.25) is 4.79 Å². The Bertz CT molecular complexity index is 548. The summed E-state index contributed by atoms with van der Waals surface area (Å²) < 4.78 is 5.51. The van der Waals surface area contributed by atoms with Crippen LogP contribution in [-0.2, 0) is 0 Å². The molecule has 3 rings (SSSR count). The topological polar surface area (TPSA) is 56.9 Å². The molecular formula is C18H28N2O3. The van der Waals surface area contributed by atoms with E-state index in [0.717, 1.165) is 25.3 Å². The van der Waals surface area contributed by atoms with Crippen molar-refractivity contribution in [2.24, 2.45) is 11.8 Å². The van der Waals surface area contributed by atoms with Gasteiger partial charge >= 0.3 is 0 Å². The first-order valence-electron chi connectivity index (χ1n) is 8.76. The maximum Gasteiger partial charge on any atom is 0.257 e. The molecule has 3 heterocycles. The quantitative estimate of drug-likeness (QED) is 0.922. The van der Waals surface area contributed by atoms with Gasteiger partial charge in [-0.05, 0) is 64.1 Å². The molecule has 23 heavy (non-hydrogen) atoms. The van der Waals surface area contributed by atoms with Crippen LogP contribution in [0.2, 0.25) is 0 Å². The van der Waals surface area contributed by atoms with Gasteiger partial charge < -0.3 is 19.3 Å². The van der Waals surface area contributed by atoms with E-state index in [1.165, 1.54) is 25.9 Å². The molecule has 128 valence electrons. The highest BCUT2D eigenvalue weighted by Crippen LogP contribution is 2.26. The number of aryl methyl sites for hydroxylation is 2. The van der Waals surface area contributed by atoms with Crippen LogP contribution in [0.1, 0.15) is 41.1 Å². The Morgan fingerprint density at radius 3 is 2.57 bits per heavy atom. The van der Waals surface area contributed by atoms with Crippen LogP contribution in [0.4, 0.5) is 0 Å². The molecule has 5 nitrogen and oxygen atoms in total. The van der Waals surface area contributed by atoms with Crippen LogP contribution in [0.25, 0.3) is 0 Å². The zero-order valence-corrected chi connectivity index (χ0v) is 14.3. The number of likely N-dealkylation sites (tertiary alicyclic amines) is 2. The average Bonchev–Trinajstić information content (AvgIpc) is 3.15. The maximum atomic E-state index is 12.8. The predicted octanol–water partition coefficient (Wildman–Crippen LogP) is 2.06. The third kappa shape index (κ3) is 3.78. The van der Waals surface area contributed by atoms with Gasteiger partial charge in [0, 0.05) is 26.2 Å². The van der Waals surface area contributed by atoms with Gasteiger partial charge in [-0.1, -0.05) is 0 Å². The Hall–Kier alpha value is -1.33. The first-order valence-corrected chi connectivity index (χ1v) is 8.76. The van der Waals surface area contributed by atoms with Crippen LogP contribution in [0.15, 0.2) is 10.5 Å². The highest BCUT2D eigenvalue weighted by molar-refractivity contribution is 5.95. The van der Waals surface area contributed by atoms with Gasteiger partial charge in [-0.2, -0.15) is 0 Å². The van der Waals surface area contributed by atoms with Crippen LogP contribution in [0.5, 0.6) is 0 Å². The molecule has 1 amide bonds. The number of nitrogens with zero attached hydrogens (tertiary/aromatic N) is 2. The highest BCUT2D eigenvalue weighted by atomic mass is 16.3. The molecule has 0 unspecified atom stereocenters. The van der Waals surface area contributed by atoms with Crippen molar-refractivity contribution in [2.45, 2.75) is 33.1 Å². The summed E-state index contributed by atoms with van der Waals surface area (Å²) >= 11 is 0. The fourth-order valence-electron chi connectivity index (χ4n) is 4.09. The van der Waals surface area contributed by atoms with E-state index in [0.29, 0.717) is 23.8 Å². The van der Waals surface area contributed by atoms with Crippen LogP contribution < -0.4 is 0 Å². The molecule has 0 bridgehead atoms. The molecule has 0 aromatic carbocycles. The number of carbonyl (C=O) groups is 1. The number of aliphatic hydroxyl groups is 1. The third-order valence-electron chi connectivity index (χ3n) is 5.16. The Morgan fingerprint density at radius 2 is 1.96 bits per heavy atom. The number of piperidine rings is 1. The van der Waals surface area contributed by atoms with Crippen LogP contribution in [0.3, 0.4) is 0 Å². The second-order valence-corrected chi connectivity index (χ2v) is 7.20. The number of aliphatic hydroxyl groups excluding tert-OH is 1. The lowest BCUT2D eigenvalue weighted by atomic mass is 9.89. The SMILES string of the molecule is Cc1cc(C(=O)N2C[C@H](CO)C[C@H](CN3CCCC3)C2)c(C)o1. The van der Waals surface area contributed by atoms with Crippen molar-refractivity contribution in [3.05, 3.63) is 23.2 Å². The van der Waals surface area contributed by atoms with E-state index in [1.807, 2.05) is 24.8 Å². The molecule has 1 N–H and O–H groups in total. The summed E-state index contributed by atoms with van der Waals surface area (Å²) in [5.41, 5.74) is 0.668. The summed E-state index contributed by atoms with van der Waals surface area (Å²) in [4.78, 5) is 17.3. The highest BCUT2D eigenvalue weighted by Gasteiger charge is 2.32. The fraction of sp³-hybridized carbons (Fsp3) is 0.722. The largest absolute Gasteiger partial charge is 0.466 e. The molecule has 1 aromatic rings. The van der Waals surface area contributed by atoms with E-state index in [1.54, 1.807) is 0 Å². The van der Waals surface area contributed by atoms with Crippen molar-refractivity contribution in [1.29, 1.82) is 0 Å². The summed E-state index contributed by atoms with van der Waals surface area (Å²) in [6, 6.07) is 1.83. The molecule has 0 saturated carbocycles. The fourth-order valence-corrected chi connectivity index (χ4v) is 4.09. The van der Waals surface area contributed by atoms with Crippen molar-refractivity contribution in [3.63, 3.8) is 0 Å². The summed E-state index contributed by atoms with van der Waals surface area (Å²) in [5, 5.41) is 9.63. The molecule has 5 heteroatoms. The van der Waals surface area contributed by atoms with E-state index in [4.69, 9.17) is 4.42 Å². The molecule has 2 aliphatic rings. The minimum absolute atomic E-state index is 0.0453. The monoisotopic (exact) mass is 320 g/mol. The Balaban J connectivity index is 1.69. The van der Waals surface area contributed by atoms with Crippen LogP contribution in [0, 0.1) is 25.7 Å². The zero-order chi connectivity index (χ0) is 16.4. The maximum absolute atomic E-state index is 12.8. The van der Waals surface area contributed by atoms with Crippen molar-refractivity contribution < 1.29 is 14.3 Å². The molecule has 0 radical (unpaired) electrons. The van der Waals surface area contributed by atoms with Crippen LogP contribution >= 0.6 is 0 Å². The van der Waals surface area contributed by atoms with Gasteiger partial charge in [0.25, 0.3) is 5.91 Å². The van der Waals surface area contributed by atoms with E-state index in [-0.39, 0.29) is 18.4 Å². The number of furan rings is 1. The molecular weight excluding hydrogens is 292 g/mol. The van der Waals surface area contributed by atoms with E-state index in [2.05, 4.69) is 4.90 Å². The summed E-state index contributed by atoms with van der Waals surface area (Å²) in [6.07, 6.45) is 3.58. The van der Waals surface area contributed by atoms with Crippen molar-refractivity contribution in [3.8, 4) is 0 Å². The third-order valence-corrected chi connectivity index (χ3v) is 5.16. The van der Waals surface area contributed by atoms with Gasteiger partial charge in [0.1, 0.15) is 11.5 Å². The van der Waals surface area contributed by atoms with E-state index >= 15 is 0 Å². The van der Waals surface area contributed by atoms with Gasteiger partial charge in [-0.15, -0.1) is 0 Å². The molecule has 0 aliphatic carbocycles. The van der Waals surface area contributed by atoms with Crippen molar-refractivity contribution >= 4 is 5.91 Å². The average molecular weight is 320 g/mol. The molecule has 2 atom stereocenters. The molecule has 1 aromatic heterocycles. The van der Waals surface area contributed by atoms with Crippen molar-refractivity contribution in [1.82, 2.24) is 9.80 Å². The number of rotatable bonds is 4. The smallest absolute Gasteiger partial charge is 0.257 e. The second kappa shape index (κ2) is 7.05. The van der Waals surface area contributed by atoms with Gasteiger partial charge in [-0.25, -0.2) is 0 Å². The lowest BCUT2D eigenvalue weighted by Gasteiger charge is -2.38. The van der Waals surface area contributed by atoms with E-state index in [9.17, 15) is 9.90 Å². The second-order valence-electron chi connectivity index (χ2n) is 7.20. The standard InChI is InChI=1S/C18H28N2O3/c1-13-7-17(14(2)23-13)18(22)20-10-15(8-16(11-20)12-21)9-19-5-3-4-6-19/h7,15-16,21H,3-6,8-12H2,1-2H3/t15-,16-/m1/s1. The normalized spacial score (nSPS) is 26.0. The summed E-state index contributed by atoms with van der Waals surface area (Å²) in [6.45, 7) is 8.70. The Kier molecular flexibility index (Phi) is 5.07. The lowest BCUT2D eigenvalue weighted by molar-refractivity contribution is 0.0464. The predicted molar refractivity (Wildman–Crippen MR) is 88.4 cm³/mol. The van der Waals surface area contributed by atoms with Gasteiger partial charge in [0.15, 0.2) is 0 Å². The lowest BCUT2D eigenvalue weighted by Crippen LogP contribution is -2.47. The Labute approximate surface area is 138 Å². The minimum atomic E-state index is 0.0453. The van der Waals surface area contributed by atoms with Crippen LogP contribution in [-0.4, -0.2) is 60.1 Å². The van der Waals surface area contributed by atoms with Gasteiger partial charge in [0.05, 0.1) is 5.56 Å². The number of hydrogen-bond donors (Lipinski definition) is 1. The number of hydrogen-bond acceptors (Lipinski definition) is 4. The van der Waals surface area contributed by atoms with Gasteiger partial charge in [0.2, 0.25) is 0 Å². The molecule has 0 spiro atoms. The molecule has 2 saturated heterocycles. The minimum Gasteiger partial charge on any atom is -0.466 e. The summed E-state index contributed by atoms with van der Waals surface area (Å²) in [7, 11) is 0. The number of amides is 1. The first-order chi connectivity index (χ1) is 11.1. The van der Waals surface area contributed by atoms with E-state index < -0.39 is 0 Å². The van der Waals surface area contributed by atoms with Crippen molar-refractivity contribution in [2.75, 3.05) is 39.3 Å². The Morgan fingerprint density at radius 1 is 1.26 bits per heavy atom. The number of carbonyl (C=O) groups excluding carboxylic acids is 1. The zero-order valence-electron chi connectivity index (χ0n) is 14.3. The molecule has 2 aliphatic heterocycles. The first kappa shape index (κ1) is 16.5. The molecule has 2 fully saturated rings.